The van der Waals surface area contributed by atoms with Crippen LogP contribution in [0.1, 0.15) is 29.2 Å². The van der Waals surface area contributed by atoms with Gasteiger partial charge in [-0.15, -0.1) is 0 Å². The summed E-state index contributed by atoms with van der Waals surface area (Å²) in [7, 11) is 3.04. The number of nitrogens with one attached hydrogen (secondary N) is 1. The minimum Gasteiger partial charge on any atom is -0.495 e. The minimum absolute atomic E-state index is 0.159. The number of hydrogen-bond donors (Lipinski definition) is 1. The van der Waals surface area contributed by atoms with Gasteiger partial charge in [0, 0.05) is 23.9 Å². The predicted molar refractivity (Wildman–Crippen MR) is 106 cm³/mol. The van der Waals surface area contributed by atoms with Crippen molar-refractivity contribution < 1.29 is 14.3 Å². The zero-order chi connectivity index (χ0) is 20.4. The van der Waals surface area contributed by atoms with Crippen LogP contribution >= 0.6 is 11.6 Å². The molecule has 8 nitrogen and oxygen atoms in total. The van der Waals surface area contributed by atoms with Crippen molar-refractivity contribution in [2.45, 2.75) is 33.6 Å². The van der Waals surface area contributed by atoms with Crippen molar-refractivity contribution in [3.05, 3.63) is 39.9 Å². The maximum absolute atomic E-state index is 12.5. The Morgan fingerprint density at radius 1 is 1.14 bits per heavy atom. The van der Waals surface area contributed by atoms with Crippen molar-refractivity contribution in [2.75, 3.05) is 19.5 Å². The van der Waals surface area contributed by atoms with Gasteiger partial charge in [-0.3, -0.25) is 4.79 Å². The molecule has 0 aliphatic heterocycles. The Bertz CT molecular complexity index is 1050. The Labute approximate surface area is 167 Å². The number of amides is 1. The molecule has 0 spiro atoms. The van der Waals surface area contributed by atoms with Crippen LogP contribution in [-0.2, 0) is 11.2 Å². The van der Waals surface area contributed by atoms with E-state index in [1.165, 1.54) is 14.2 Å². The number of rotatable bonds is 6. The van der Waals surface area contributed by atoms with Crippen LogP contribution in [0.4, 0.5) is 5.69 Å². The van der Waals surface area contributed by atoms with Crippen molar-refractivity contribution >= 4 is 29.0 Å². The maximum Gasteiger partial charge on any atom is 0.252 e. The molecule has 1 N–H and O–H groups in total. The van der Waals surface area contributed by atoms with Gasteiger partial charge in [-0.2, -0.15) is 10.1 Å². The van der Waals surface area contributed by atoms with Gasteiger partial charge in [-0.1, -0.05) is 11.6 Å². The van der Waals surface area contributed by atoms with Crippen LogP contribution in [0.25, 0.3) is 5.78 Å². The largest absolute Gasteiger partial charge is 0.495 e. The van der Waals surface area contributed by atoms with Gasteiger partial charge in [0.1, 0.15) is 17.3 Å². The number of fused-ring (bicyclic) bond motifs is 1. The smallest absolute Gasteiger partial charge is 0.252 e. The first-order chi connectivity index (χ1) is 13.3. The Morgan fingerprint density at radius 3 is 2.54 bits per heavy atom. The molecular weight excluding hydrogens is 382 g/mol. The Hall–Kier alpha value is -2.87. The molecular formula is C19H22ClN5O3. The molecule has 0 fully saturated rings. The molecule has 148 valence electrons. The number of benzene rings is 1. The summed E-state index contributed by atoms with van der Waals surface area (Å²) in [4.78, 5) is 21.3. The van der Waals surface area contributed by atoms with E-state index >= 15 is 0 Å². The summed E-state index contributed by atoms with van der Waals surface area (Å²) in [6, 6.07) is 3.25. The first kappa shape index (κ1) is 19.9. The highest BCUT2D eigenvalue weighted by molar-refractivity contribution is 6.32. The fourth-order valence-electron chi connectivity index (χ4n) is 3.08. The zero-order valence-electron chi connectivity index (χ0n) is 16.5. The van der Waals surface area contributed by atoms with Crippen LogP contribution in [0.5, 0.6) is 11.5 Å². The van der Waals surface area contributed by atoms with E-state index in [1.807, 2.05) is 20.8 Å². The van der Waals surface area contributed by atoms with Gasteiger partial charge in [0.05, 0.1) is 24.9 Å². The van der Waals surface area contributed by atoms with Crippen molar-refractivity contribution in [1.29, 1.82) is 0 Å². The second-order valence-corrected chi connectivity index (χ2v) is 6.77. The van der Waals surface area contributed by atoms with E-state index in [-0.39, 0.29) is 12.3 Å². The highest BCUT2D eigenvalue weighted by Crippen LogP contribution is 2.36. The standard InChI is InChI=1S/C19H22ClN5O3/c1-10-13(11(2)25-19(21-10)22-12(3)24-25)6-7-18(26)23-15-8-14(20)16(27-4)9-17(15)28-5/h8-9H,6-7H2,1-5H3,(H,23,26). The van der Waals surface area contributed by atoms with E-state index in [4.69, 9.17) is 21.1 Å². The zero-order valence-corrected chi connectivity index (χ0v) is 17.2. The molecule has 1 amide bonds. The number of halogens is 1. The maximum atomic E-state index is 12.5. The van der Waals surface area contributed by atoms with Crippen LogP contribution < -0.4 is 14.8 Å². The number of anilines is 1. The molecule has 3 rings (SSSR count). The summed E-state index contributed by atoms with van der Waals surface area (Å²) >= 11 is 6.16. The lowest BCUT2D eigenvalue weighted by molar-refractivity contribution is -0.116. The van der Waals surface area contributed by atoms with Crippen LogP contribution in [0, 0.1) is 20.8 Å². The van der Waals surface area contributed by atoms with Gasteiger partial charge >= 0.3 is 0 Å². The molecule has 0 bridgehead atoms. The molecule has 0 radical (unpaired) electrons. The number of carbonyl (C=O) groups excluding carboxylic acids is 1. The van der Waals surface area contributed by atoms with E-state index in [0.29, 0.717) is 40.2 Å². The number of nitrogens with zero attached hydrogens (tertiary/aromatic N) is 4. The third-order valence-corrected chi connectivity index (χ3v) is 4.80. The third-order valence-electron chi connectivity index (χ3n) is 4.50. The first-order valence-corrected chi connectivity index (χ1v) is 9.12. The highest BCUT2D eigenvalue weighted by atomic mass is 35.5. The monoisotopic (exact) mass is 403 g/mol. The average Bonchev–Trinajstić information content (AvgIpc) is 3.02. The minimum atomic E-state index is -0.159. The van der Waals surface area contributed by atoms with E-state index < -0.39 is 0 Å². The molecule has 0 atom stereocenters. The lowest BCUT2D eigenvalue weighted by atomic mass is 10.1. The molecule has 0 unspecified atom stereocenters. The molecule has 0 saturated carbocycles. The molecule has 0 aliphatic rings. The number of aryl methyl sites for hydroxylation is 3. The van der Waals surface area contributed by atoms with Crippen molar-refractivity contribution in [3.8, 4) is 11.5 Å². The predicted octanol–water partition coefficient (Wildman–Crippen LogP) is 3.29. The molecule has 3 aromatic rings. The Balaban J connectivity index is 1.76. The third kappa shape index (κ3) is 3.87. The van der Waals surface area contributed by atoms with Crippen molar-refractivity contribution in [1.82, 2.24) is 19.6 Å². The number of aromatic nitrogens is 4. The molecule has 2 aromatic heterocycles. The molecule has 9 heteroatoms. The number of methoxy groups -OCH3 is 2. The summed E-state index contributed by atoms with van der Waals surface area (Å²) < 4.78 is 12.2. The van der Waals surface area contributed by atoms with Crippen LogP contribution in [-0.4, -0.2) is 39.7 Å². The first-order valence-electron chi connectivity index (χ1n) is 8.74. The van der Waals surface area contributed by atoms with Crippen LogP contribution in [0.15, 0.2) is 12.1 Å². The lowest BCUT2D eigenvalue weighted by Crippen LogP contribution is -2.15. The van der Waals surface area contributed by atoms with E-state index in [2.05, 4.69) is 20.4 Å². The molecule has 0 aliphatic carbocycles. The van der Waals surface area contributed by atoms with E-state index in [0.717, 1.165) is 17.0 Å². The Kier molecular flexibility index (Phi) is 5.69. The van der Waals surface area contributed by atoms with E-state index in [9.17, 15) is 4.79 Å². The molecule has 28 heavy (non-hydrogen) atoms. The lowest BCUT2D eigenvalue weighted by Gasteiger charge is -2.14. The number of hydrogen-bond acceptors (Lipinski definition) is 6. The fraction of sp³-hybridized carbons (Fsp3) is 0.368. The average molecular weight is 404 g/mol. The molecule has 2 heterocycles. The summed E-state index contributed by atoms with van der Waals surface area (Å²) in [6.07, 6.45) is 0.799. The number of ether oxygens (including phenoxy) is 2. The van der Waals surface area contributed by atoms with Gasteiger partial charge in [0.15, 0.2) is 0 Å². The normalized spacial score (nSPS) is 10.9. The molecule has 1 aromatic carbocycles. The summed E-state index contributed by atoms with van der Waals surface area (Å²) in [5.41, 5.74) is 3.25. The Morgan fingerprint density at radius 2 is 1.86 bits per heavy atom. The second kappa shape index (κ2) is 8.02. The SMILES string of the molecule is COc1cc(OC)c(NC(=O)CCc2c(C)nc3nc(C)nn3c2C)cc1Cl. The van der Waals surface area contributed by atoms with Gasteiger partial charge in [-0.05, 0) is 38.8 Å². The topological polar surface area (TPSA) is 90.6 Å². The van der Waals surface area contributed by atoms with Gasteiger partial charge in [0.25, 0.3) is 5.78 Å². The molecule has 0 saturated heterocycles. The van der Waals surface area contributed by atoms with Crippen LogP contribution in [0.2, 0.25) is 5.02 Å². The van der Waals surface area contributed by atoms with Crippen molar-refractivity contribution in [3.63, 3.8) is 0 Å². The van der Waals surface area contributed by atoms with Crippen LogP contribution in [0.3, 0.4) is 0 Å². The van der Waals surface area contributed by atoms with Crippen molar-refractivity contribution in [2.24, 2.45) is 0 Å². The highest BCUT2D eigenvalue weighted by Gasteiger charge is 2.16. The van der Waals surface area contributed by atoms with Gasteiger partial charge in [-0.25, -0.2) is 9.50 Å². The summed E-state index contributed by atoms with van der Waals surface area (Å²) in [6.45, 7) is 5.69. The summed E-state index contributed by atoms with van der Waals surface area (Å²) in [5, 5.41) is 7.59. The van der Waals surface area contributed by atoms with E-state index in [1.54, 1.807) is 16.6 Å². The number of carbonyl (C=O) groups is 1. The summed E-state index contributed by atoms with van der Waals surface area (Å²) in [5.74, 6) is 2.02. The second-order valence-electron chi connectivity index (χ2n) is 6.37. The van der Waals surface area contributed by atoms with Gasteiger partial charge in [0.2, 0.25) is 5.91 Å². The fourth-order valence-corrected chi connectivity index (χ4v) is 3.32. The van der Waals surface area contributed by atoms with Gasteiger partial charge < -0.3 is 14.8 Å². The quantitative estimate of drug-likeness (QED) is 0.679.